The van der Waals surface area contributed by atoms with Gasteiger partial charge in [0.1, 0.15) is 5.75 Å². The number of nitrogens with one attached hydrogen (secondary N) is 2. The fourth-order valence-electron chi connectivity index (χ4n) is 4.33. The van der Waals surface area contributed by atoms with Crippen LogP contribution in [-0.4, -0.2) is 44.6 Å². The van der Waals surface area contributed by atoms with Gasteiger partial charge in [-0.2, -0.15) is 5.10 Å². The third-order valence-corrected chi connectivity index (χ3v) is 6.18. The largest absolute Gasteiger partial charge is 0.430 e. The zero-order chi connectivity index (χ0) is 20.6. The lowest BCUT2D eigenvalue weighted by atomic mass is 9.79. The van der Waals surface area contributed by atoms with Crippen LogP contribution in [0, 0.1) is 0 Å². The van der Waals surface area contributed by atoms with Crippen LogP contribution in [0.5, 0.6) is 10.9 Å². The zero-order valence-corrected chi connectivity index (χ0v) is 19.6. The number of benzene rings is 1. The maximum atomic E-state index is 5.99. The van der Waals surface area contributed by atoms with Crippen LogP contribution >= 0.6 is 23.7 Å². The number of nitrogens with zero attached hydrogens (tertiary/aromatic N) is 4. The molecule has 2 aromatic heterocycles. The van der Waals surface area contributed by atoms with E-state index in [0.29, 0.717) is 11.2 Å². The molecule has 1 aromatic carbocycles. The van der Waals surface area contributed by atoms with Crippen LogP contribution in [0.3, 0.4) is 0 Å². The van der Waals surface area contributed by atoms with Gasteiger partial charge in [0.15, 0.2) is 0 Å². The second-order valence-electron chi connectivity index (χ2n) is 9.03. The lowest BCUT2D eigenvalue weighted by Crippen LogP contribution is -2.61. The predicted molar refractivity (Wildman–Crippen MR) is 124 cm³/mol. The van der Waals surface area contributed by atoms with E-state index in [1.54, 1.807) is 6.20 Å². The molecular formula is C21H29ClN6OS. The van der Waals surface area contributed by atoms with Gasteiger partial charge in [0.2, 0.25) is 5.13 Å². The van der Waals surface area contributed by atoms with E-state index in [1.807, 2.05) is 30.5 Å². The van der Waals surface area contributed by atoms with Crippen molar-refractivity contribution in [3.8, 4) is 22.1 Å². The summed E-state index contributed by atoms with van der Waals surface area (Å²) in [6.07, 6.45) is 5.75. The first-order valence-electron chi connectivity index (χ1n) is 9.84. The molecule has 1 aliphatic heterocycles. The lowest BCUT2D eigenvalue weighted by molar-refractivity contribution is 0.161. The van der Waals surface area contributed by atoms with Crippen molar-refractivity contribution in [1.29, 1.82) is 0 Å². The first kappa shape index (κ1) is 22.5. The summed E-state index contributed by atoms with van der Waals surface area (Å²) in [5.41, 5.74) is 2.22. The van der Waals surface area contributed by atoms with E-state index in [1.165, 1.54) is 11.3 Å². The van der Waals surface area contributed by atoms with Gasteiger partial charge in [-0.3, -0.25) is 5.10 Å². The normalized spacial score (nSPS) is 17.9. The summed E-state index contributed by atoms with van der Waals surface area (Å²) in [6, 6.07) is 8.29. The molecule has 0 saturated carbocycles. The zero-order valence-electron chi connectivity index (χ0n) is 18.0. The van der Waals surface area contributed by atoms with Crippen molar-refractivity contribution in [1.82, 2.24) is 25.7 Å². The van der Waals surface area contributed by atoms with Crippen molar-refractivity contribution in [3.05, 3.63) is 36.7 Å². The first-order valence-corrected chi connectivity index (χ1v) is 10.7. The maximum absolute atomic E-state index is 5.99. The Hall–Kier alpha value is -2.16. The number of ether oxygens (including phenoxy) is 1. The van der Waals surface area contributed by atoms with Crippen molar-refractivity contribution in [3.63, 3.8) is 0 Å². The Balaban J connectivity index is 0.00000256. The smallest absolute Gasteiger partial charge is 0.301 e. The molecular weight excluding hydrogens is 420 g/mol. The van der Waals surface area contributed by atoms with Crippen LogP contribution in [0.2, 0.25) is 0 Å². The molecule has 0 amide bonds. The molecule has 1 aliphatic rings. The molecule has 1 fully saturated rings. The maximum Gasteiger partial charge on any atom is 0.301 e. The van der Waals surface area contributed by atoms with E-state index in [0.717, 1.165) is 34.8 Å². The summed E-state index contributed by atoms with van der Waals surface area (Å²) in [5, 5.41) is 20.6. The average Bonchev–Trinajstić information content (AvgIpc) is 3.31. The molecule has 0 bridgehead atoms. The van der Waals surface area contributed by atoms with Gasteiger partial charge in [-0.05, 0) is 69.6 Å². The first-order chi connectivity index (χ1) is 13.7. The Kier molecular flexibility index (Phi) is 6.40. The van der Waals surface area contributed by atoms with E-state index < -0.39 is 0 Å². The van der Waals surface area contributed by atoms with Gasteiger partial charge in [-0.1, -0.05) is 17.2 Å². The number of halogens is 1. The number of rotatable bonds is 5. The molecule has 3 heterocycles. The predicted octanol–water partition coefficient (Wildman–Crippen LogP) is 4.89. The topological polar surface area (TPSA) is 79.0 Å². The Morgan fingerprint density at radius 1 is 1.10 bits per heavy atom. The molecule has 0 radical (unpaired) electrons. The average molecular weight is 449 g/mol. The van der Waals surface area contributed by atoms with Crippen LogP contribution in [-0.2, 0) is 0 Å². The monoisotopic (exact) mass is 448 g/mol. The van der Waals surface area contributed by atoms with Gasteiger partial charge in [-0.25, -0.2) is 0 Å². The summed E-state index contributed by atoms with van der Waals surface area (Å²) in [4.78, 5) is 2.25. The van der Waals surface area contributed by atoms with Crippen molar-refractivity contribution in [2.75, 3.05) is 11.9 Å². The highest BCUT2D eigenvalue weighted by Crippen LogP contribution is 2.36. The van der Waals surface area contributed by atoms with Crippen molar-refractivity contribution < 1.29 is 4.74 Å². The number of aromatic nitrogens is 4. The molecule has 0 atom stereocenters. The molecule has 2 N–H and O–H groups in total. The Morgan fingerprint density at radius 3 is 2.50 bits per heavy atom. The second kappa shape index (κ2) is 8.53. The van der Waals surface area contributed by atoms with Gasteiger partial charge in [0.25, 0.3) is 0 Å². The fourth-order valence-corrected chi connectivity index (χ4v) is 5.08. The number of hydrogen-bond donors (Lipinski definition) is 2. The minimum Gasteiger partial charge on any atom is -0.430 e. The van der Waals surface area contributed by atoms with E-state index >= 15 is 0 Å². The van der Waals surface area contributed by atoms with Crippen LogP contribution < -0.4 is 15.0 Å². The SMILES string of the molecule is CN(c1nnc(Oc2cccc(-c3cn[nH]c3)c2)s1)C1CC(C)(C)NC(C)(C)C1.Cl. The van der Waals surface area contributed by atoms with Gasteiger partial charge in [-0.15, -0.1) is 17.5 Å². The fraction of sp³-hybridized carbons (Fsp3) is 0.476. The number of hydrogen-bond acceptors (Lipinski definition) is 7. The standard InChI is InChI=1S/C21H28N6OS.ClH/c1-20(2)10-16(11-21(3,4)26-20)27(5)18-24-25-19(29-18)28-17-8-6-7-14(9-17)15-12-22-23-13-15;/h6-9,12-13,16,26H,10-11H2,1-5H3,(H,22,23);1H. The van der Waals surface area contributed by atoms with Gasteiger partial charge in [0, 0.05) is 35.9 Å². The molecule has 3 aromatic rings. The summed E-state index contributed by atoms with van der Waals surface area (Å²) >= 11 is 1.48. The number of anilines is 1. The molecule has 7 nitrogen and oxygen atoms in total. The molecule has 0 aliphatic carbocycles. The van der Waals surface area contributed by atoms with Crippen molar-refractivity contribution in [2.45, 2.75) is 57.7 Å². The molecule has 0 unspecified atom stereocenters. The van der Waals surface area contributed by atoms with E-state index in [2.05, 4.69) is 65.4 Å². The molecule has 4 rings (SSSR count). The van der Waals surface area contributed by atoms with Gasteiger partial charge < -0.3 is 15.0 Å². The summed E-state index contributed by atoms with van der Waals surface area (Å²) in [7, 11) is 2.10. The number of piperidine rings is 1. The minimum absolute atomic E-state index is 0. The van der Waals surface area contributed by atoms with Crippen molar-refractivity contribution >= 4 is 28.9 Å². The minimum atomic E-state index is 0. The van der Waals surface area contributed by atoms with Crippen LogP contribution in [0.1, 0.15) is 40.5 Å². The summed E-state index contributed by atoms with van der Waals surface area (Å²) < 4.78 is 5.99. The molecule has 0 spiro atoms. The highest BCUT2D eigenvalue weighted by atomic mass is 35.5. The Labute approximate surface area is 187 Å². The highest BCUT2D eigenvalue weighted by Gasteiger charge is 2.39. The third-order valence-electron chi connectivity index (χ3n) is 5.28. The van der Waals surface area contributed by atoms with Crippen LogP contribution in [0.25, 0.3) is 11.1 Å². The van der Waals surface area contributed by atoms with Gasteiger partial charge in [0.05, 0.1) is 6.20 Å². The Morgan fingerprint density at radius 2 is 1.83 bits per heavy atom. The third kappa shape index (κ3) is 5.11. The number of aromatic amines is 1. The summed E-state index contributed by atoms with van der Waals surface area (Å²) in [6.45, 7) is 9.04. The molecule has 162 valence electrons. The van der Waals surface area contributed by atoms with Crippen LogP contribution in [0.4, 0.5) is 5.13 Å². The van der Waals surface area contributed by atoms with E-state index in [4.69, 9.17) is 4.74 Å². The lowest BCUT2D eigenvalue weighted by Gasteiger charge is -2.48. The van der Waals surface area contributed by atoms with Crippen molar-refractivity contribution in [2.24, 2.45) is 0 Å². The quantitative estimate of drug-likeness (QED) is 0.578. The molecule has 9 heteroatoms. The second-order valence-corrected chi connectivity index (χ2v) is 9.95. The summed E-state index contributed by atoms with van der Waals surface area (Å²) in [5.74, 6) is 0.734. The Bertz CT molecular complexity index is 956. The molecule has 30 heavy (non-hydrogen) atoms. The highest BCUT2D eigenvalue weighted by molar-refractivity contribution is 7.17. The van der Waals surface area contributed by atoms with E-state index in [-0.39, 0.29) is 23.5 Å². The van der Waals surface area contributed by atoms with Gasteiger partial charge >= 0.3 is 5.19 Å². The van der Waals surface area contributed by atoms with Crippen LogP contribution in [0.15, 0.2) is 36.7 Å². The number of H-pyrrole nitrogens is 1. The van der Waals surface area contributed by atoms with E-state index in [9.17, 15) is 0 Å². The molecule has 1 saturated heterocycles.